The molecule has 1 aliphatic heterocycles. The number of benzene rings is 1. The van der Waals surface area contributed by atoms with E-state index in [4.69, 9.17) is 19.7 Å². The summed E-state index contributed by atoms with van der Waals surface area (Å²) in [6, 6.07) is 10.0. The zero-order chi connectivity index (χ0) is 26.3. The number of hydrogen-bond donors (Lipinski definition) is 3. The number of carbonyl (C=O) groups is 3. The normalized spacial score (nSPS) is 13.6. The lowest BCUT2D eigenvalue weighted by atomic mass is 10.2. The highest BCUT2D eigenvalue weighted by Crippen LogP contribution is 2.28. The molecule has 0 atom stereocenters. The van der Waals surface area contributed by atoms with E-state index in [2.05, 4.69) is 27.2 Å². The number of carbonyl (C=O) groups excluding carboxylic acids is 1. The van der Waals surface area contributed by atoms with Gasteiger partial charge in [0.2, 0.25) is 0 Å². The average Bonchev–Trinajstić information content (AvgIpc) is 3.37. The molecular formula is C25H33N3O7S. The van der Waals surface area contributed by atoms with Crippen molar-refractivity contribution in [3.63, 3.8) is 0 Å². The molecule has 0 unspecified atom stereocenters. The van der Waals surface area contributed by atoms with E-state index in [0.717, 1.165) is 51.3 Å². The fourth-order valence-electron chi connectivity index (χ4n) is 3.61. The van der Waals surface area contributed by atoms with Crippen LogP contribution in [0.2, 0.25) is 0 Å². The molecule has 0 radical (unpaired) electrons. The third-order valence-electron chi connectivity index (χ3n) is 5.41. The molecule has 1 aromatic heterocycles. The van der Waals surface area contributed by atoms with Crippen LogP contribution in [-0.4, -0.2) is 86.4 Å². The van der Waals surface area contributed by atoms with Gasteiger partial charge in [-0.2, -0.15) is 0 Å². The smallest absolute Gasteiger partial charge is 0.328 e. The summed E-state index contributed by atoms with van der Waals surface area (Å²) >= 11 is 1.41. The molecule has 1 aliphatic rings. The highest BCUT2D eigenvalue weighted by molar-refractivity contribution is 7.12. The average molecular weight is 520 g/mol. The lowest BCUT2D eigenvalue weighted by Crippen LogP contribution is -2.46. The van der Waals surface area contributed by atoms with E-state index < -0.39 is 11.9 Å². The molecule has 1 amide bonds. The van der Waals surface area contributed by atoms with Crippen molar-refractivity contribution in [2.45, 2.75) is 12.8 Å². The van der Waals surface area contributed by atoms with Gasteiger partial charge in [0.1, 0.15) is 16.4 Å². The second kappa shape index (κ2) is 15.4. The standard InChI is InChI=1S/C21H29N3O3S.C4H4O4/c1-26-18-8-4-3-7-17(18)24-14-12-23(13-15-24)11-6-5-10-22-21(25)20-19(27-2)9-16-28-20;5-3(6)1-2-4(7)8/h3-4,7-9,16H,5-6,10-15H2,1-2H3,(H,22,25);1-2H,(H,5,6)(H,7,8)/b;2-1+. The Balaban J connectivity index is 0.000000493. The van der Waals surface area contributed by atoms with Gasteiger partial charge in [-0.15, -0.1) is 11.3 Å². The van der Waals surface area contributed by atoms with Crippen LogP contribution in [0, 0.1) is 0 Å². The molecule has 3 N–H and O–H groups in total. The van der Waals surface area contributed by atoms with Crippen LogP contribution in [0.25, 0.3) is 0 Å². The van der Waals surface area contributed by atoms with Crippen LogP contribution in [-0.2, 0) is 9.59 Å². The van der Waals surface area contributed by atoms with Crippen LogP contribution < -0.4 is 19.7 Å². The summed E-state index contributed by atoms with van der Waals surface area (Å²) in [5, 5.41) is 20.5. The van der Waals surface area contributed by atoms with Gasteiger partial charge in [0.25, 0.3) is 5.91 Å². The molecule has 3 rings (SSSR count). The summed E-state index contributed by atoms with van der Waals surface area (Å²) < 4.78 is 10.7. The largest absolute Gasteiger partial charge is 0.495 e. The zero-order valence-corrected chi connectivity index (χ0v) is 21.3. The van der Waals surface area contributed by atoms with Gasteiger partial charge in [-0.25, -0.2) is 9.59 Å². The van der Waals surface area contributed by atoms with Gasteiger partial charge in [0.05, 0.1) is 19.9 Å². The maximum absolute atomic E-state index is 12.2. The lowest BCUT2D eigenvalue weighted by Gasteiger charge is -2.36. The minimum atomic E-state index is -1.26. The number of aliphatic carboxylic acids is 2. The van der Waals surface area contributed by atoms with Crippen LogP contribution in [0.3, 0.4) is 0 Å². The van der Waals surface area contributed by atoms with E-state index in [1.807, 2.05) is 23.6 Å². The maximum atomic E-state index is 12.2. The van der Waals surface area contributed by atoms with Gasteiger partial charge in [-0.1, -0.05) is 12.1 Å². The third-order valence-corrected chi connectivity index (χ3v) is 6.30. The van der Waals surface area contributed by atoms with Gasteiger partial charge in [0, 0.05) is 44.9 Å². The number of nitrogens with one attached hydrogen (secondary N) is 1. The van der Waals surface area contributed by atoms with Crippen LogP contribution in [0.1, 0.15) is 22.5 Å². The molecule has 2 aromatic rings. The number of carboxylic acid groups (broad SMARTS) is 2. The van der Waals surface area contributed by atoms with Crippen molar-refractivity contribution in [1.82, 2.24) is 10.2 Å². The summed E-state index contributed by atoms with van der Waals surface area (Å²) in [6.45, 7) is 5.89. The molecular weight excluding hydrogens is 486 g/mol. The van der Waals surface area contributed by atoms with E-state index in [-0.39, 0.29) is 5.91 Å². The highest BCUT2D eigenvalue weighted by Gasteiger charge is 2.19. The second-order valence-electron chi connectivity index (χ2n) is 7.79. The van der Waals surface area contributed by atoms with Crippen molar-refractivity contribution in [2.75, 3.05) is 58.4 Å². The molecule has 36 heavy (non-hydrogen) atoms. The molecule has 1 fully saturated rings. The van der Waals surface area contributed by atoms with E-state index in [0.29, 0.717) is 29.3 Å². The molecule has 0 spiro atoms. The number of ether oxygens (including phenoxy) is 2. The van der Waals surface area contributed by atoms with Crippen LogP contribution in [0.15, 0.2) is 47.9 Å². The zero-order valence-electron chi connectivity index (χ0n) is 20.5. The Labute approximate surface area is 214 Å². The lowest BCUT2D eigenvalue weighted by molar-refractivity contribution is -0.134. The second-order valence-corrected chi connectivity index (χ2v) is 8.71. The molecule has 11 heteroatoms. The van der Waals surface area contributed by atoms with Gasteiger partial charge in [-0.3, -0.25) is 9.69 Å². The summed E-state index contributed by atoms with van der Waals surface area (Å²) in [4.78, 5) is 36.8. The number of para-hydroxylation sites is 2. The van der Waals surface area contributed by atoms with Crippen molar-refractivity contribution in [2.24, 2.45) is 0 Å². The van der Waals surface area contributed by atoms with E-state index in [1.54, 1.807) is 14.2 Å². The van der Waals surface area contributed by atoms with Crippen molar-refractivity contribution >= 4 is 34.9 Å². The van der Waals surface area contributed by atoms with Crippen molar-refractivity contribution in [3.05, 3.63) is 52.7 Å². The van der Waals surface area contributed by atoms with Gasteiger partial charge in [-0.05, 0) is 43.0 Å². The van der Waals surface area contributed by atoms with Crippen molar-refractivity contribution in [1.29, 1.82) is 0 Å². The predicted molar refractivity (Wildman–Crippen MR) is 138 cm³/mol. The predicted octanol–water partition coefficient (Wildman–Crippen LogP) is 2.81. The van der Waals surface area contributed by atoms with Crippen molar-refractivity contribution in [3.8, 4) is 11.5 Å². The van der Waals surface area contributed by atoms with Gasteiger partial charge >= 0.3 is 11.9 Å². The molecule has 10 nitrogen and oxygen atoms in total. The fraction of sp³-hybridized carbons (Fsp3) is 0.400. The number of rotatable bonds is 11. The van der Waals surface area contributed by atoms with Crippen LogP contribution in [0.4, 0.5) is 5.69 Å². The summed E-state index contributed by atoms with van der Waals surface area (Å²) in [5.74, 6) is -0.971. The van der Waals surface area contributed by atoms with E-state index in [9.17, 15) is 14.4 Å². The SMILES string of the molecule is COc1ccccc1N1CCN(CCCCNC(=O)c2sccc2OC)CC1.O=C(O)/C=C/C(=O)O. The van der Waals surface area contributed by atoms with Crippen molar-refractivity contribution < 1.29 is 34.1 Å². The van der Waals surface area contributed by atoms with E-state index >= 15 is 0 Å². The first-order chi connectivity index (χ1) is 17.3. The number of piperazine rings is 1. The van der Waals surface area contributed by atoms with E-state index in [1.165, 1.54) is 17.0 Å². The maximum Gasteiger partial charge on any atom is 0.328 e. The Morgan fingerprint density at radius 1 is 0.944 bits per heavy atom. The van der Waals surface area contributed by atoms with Gasteiger partial charge in [0.15, 0.2) is 0 Å². The summed E-state index contributed by atoms with van der Waals surface area (Å²) in [5.41, 5.74) is 1.18. The molecule has 1 aromatic carbocycles. The minimum Gasteiger partial charge on any atom is -0.495 e. The Hall–Kier alpha value is -3.57. The first-order valence-electron chi connectivity index (χ1n) is 11.5. The third kappa shape index (κ3) is 9.59. The summed E-state index contributed by atoms with van der Waals surface area (Å²) in [6.07, 6.45) is 3.17. The molecule has 196 valence electrons. The Morgan fingerprint density at radius 3 is 2.19 bits per heavy atom. The number of carboxylic acids is 2. The number of methoxy groups -OCH3 is 2. The van der Waals surface area contributed by atoms with Crippen LogP contribution in [0.5, 0.6) is 11.5 Å². The molecule has 1 saturated heterocycles. The molecule has 0 aliphatic carbocycles. The fourth-order valence-corrected chi connectivity index (χ4v) is 4.39. The number of nitrogens with zero attached hydrogens (tertiary/aromatic N) is 2. The first kappa shape index (κ1) is 28.7. The molecule has 2 heterocycles. The monoisotopic (exact) mass is 519 g/mol. The minimum absolute atomic E-state index is 0.0442. The Morgan fingerprint density at radius 2 is 1.58 bits per heavy atom. The molecule has 0 saturated carbocycles. The quantitative estimate of drug-likeness (QED) is 0.303. The first-order valence-corrected chi connectivity index (χ1v) is 12.4. The summed E-state index contributed by atoms with van der Waals surface area (Å²) in [7, 11) is 3.31. The van der Waals surface area contributed by atoms with Gasteiger partial charge < -0.3 is 29.9 Å². The Bertz CT molecular complexity index is 1000. The number of anilines is 1. The molecule has 0 bridgehead atoms. The number of amides is 1. The van der Waals surface area contributed by atoms with Crippen LogP contribution >= 0.6 is 11.3 Å². The number of hydrogen-bond acceptors (Lipinski definition) is 8. The highest BCUT2D eigenvalue weighted by atomic mass is 32.1. The number of unbranched alkanes of at least 4 members (excludes halogenated alkanes) is 1. The number of thiophene rings is 1. The Kier molecular flexibility index (Phi) is 12.3. The topological polar surface area (TPSA) is 129 Å².